The minimum absolute atomic E-state index is 0.0728. The van der Waals surface area contributed by atoms with E-state index in [1.165, 1.54) is 30.5 Å². The number of aromatic amines is 1. The average molecular weight is 390 g/mol. The van der Waals surface area contributed by atoms with Gasteiger partial charge in [-0.05, 0) is 36.8 Å². The first-order valence-electron chi connectivity index (χ1n) is 8.52. The van der Waals surface area contributed by atoms with Crippen LogP contribution in [-0.4, -0.2) is 17.6 Å². The van der Waals surface area contributed by atoms with E-state index in [9.17, 15) is 22.8 Å². The van der Waals surface area contributed by atoms with Crippen molar-refractivity contribution in [2.24, 2.45) is 0 Å². The lowest BCUT2D eigenvalue weighted by Gasteiger charge is -2.14. The SMILES string of the molecule is CCOC(=O)c1c[nH]c2ccc(NCc3ccccc3C(F)(F)F)cc2c1=O. The van der Waals surface area contributed by atoms with Gasteiger partial charge in [-0.2, -0.15) is 13.2 Å². The lowest BCUT2D eigenvalue weighted by atomic mass is 10.1. The Morgan fingerprint density at radius 1 is 1.18 bits per heavy atom. The van der Waals surface area contributed by atoms with Gasteiger partial charge in [-0.1, -0.05) is 18.2 Å². The molecule has 0 aliphatic rings. The van der Waals surface area contributed by atoms with E-state index in [1.54, 1.807) is 19.1 Å². The highest BCUT2D eigenvalue weighted by molar-refractivity contribution is 5.94. The summed E-state index contributed by atoms with van der Waals surface area (Å²) in [5.41, 5.74) is -0.314. The van der Waals surface area contributed by atoms with Gasteiger partial charge in [0.2, 0.25) is 5.43 Å². The van der Waals surface area contributed by atoms with Crippen LogP contribution in [0.5, 0.6) is 0 Å². The second-order valence-electron chi connectivity index (χ2n) is 6.02. The van der Waals surface area contributed by atoms with Gasteiger partial charge >= 0.3 is 12.1 Å². The van der Waals surface area contributed by atoms with Crippen molar-refractivity contribution in [1.29, 1.82) is 0 Å². The lowest BCUT2D eigenvalue weighted by Crippen LogP contribution is -2.18. The van der Waals surface area contributed by atoms with Crippen molar-refractivity contribution in [2.75, 3.05) is 11.9 Å². The topological polar surface area (TPSA) is 71.2 Å². The number of alkyl halides is 3. The van der Waals surface area contributed by atoms with Crippen LogP contribution < -0.4 is 10.7 Å². The first kappa shape index (κ1) is 19.5. The molecular weight excluding hydrogens is 373 g/mol. The van der Waals surface area contributed by atoms with Crippen molar-refractivity contribution in [3.63, 3.8) is 0 Å². The van der Waals surface area contributed by atoms with Crippen LogP contribution in [0.2, 0.25) is 0 Å². The summed E-state index contributed by atoms with van der Waals surface area (Å²) in [5.74, 6) is -0.733. The highest BCUT2D eigenvalue weighted by atomic mass is 19.4. The van der Waals surface area contributed by atoms with Gasteiger partial charge in [0.1, 0.15) is 5.56 Å². The number of aromatic nitrogens is 1. The van der Waals surface area contributed by atoms with Gasteiger partial charge in [-0.3, -0.25) is 4.79 Å². The smallest absolute Gasteiger partial charge is 0.416 e. The predicted octanol–water partition coefficient (Wildman–Crippen LogP) is 4.34. The van der Waals surface area contributed by atoms with Crippen molar-refractivity contribution in [3.05, 3.63) is 75.6 Å². The number of pyridine rings is 1. The fourth-order valence-electron chi connectivity index (χ4n) is 2.84. The molecule has 0 radical (unpaired) electrons. The number of rotatable bonds is 5. The van der Waals surface area contributed by atoms with Crippen molar-refractivity contribution < 1.29 is 22.7 Å². The van der Waals surface area contributed by atoms with Crippen LogP contribution in [0.4, 0.5) is 18.9 Å². The van der Waals surface area contributed by atoms with Crippen LogP contribution in [0.3, 0.4) is 0 Å². The molecule has 3 aromatic rings. The summed E-state index contributed by atoms with van der Waals surface area (Å²) in [5, 5.41) is 3.13. The first-order valence-corrected chi connectivity index (χ1v) is 8.52. The molecular formula is C20H17F3N2O3. The zero-order valence-corrected chi connectivity index (χ0v) is 14.9. The van der Waals surface area contributed by atoms with Crippen LogP contribution in [0.1, 0.15) is 28.4 Å². The monoisotopic (exact) mass is 390 g/mol. The number of H-pyrrole nitrogens is 1. The van der Waals surface area contributed by atoms with Crippen molar-refractivity contribution in [1.82, 2.24) is 4.98 Å². The summed E-state index contributed by atoms with van der Waals surface area (Å²) in [7, 11) is 0. The number of halogens is 3. The van der Waals surface area contributed by atoms with E-state index < -0.39 is 23.1 Å². The molecule has 28 heavy (non-hydrogen) atoms. The van der Waals surface area contributed by atoms with Gasteiger partial charge < -0.3 is 15.0 Å². The van der Waals surface area contributed by atoms with Gasteiger partial charge in [0.05, 0.1) is 12.2 Å². The number of fused-ring (bicyclic) bond motifs is 1. The second-order valence-corrected chi connectivity index (χ2v) is 6.02. The highest BCUT2D eigenvalue weighted by Gasteiger charge is 2.32. The van der Waals surface area contributed by atoms with Crippen LogP contribution in [0, 0.1) is 0 Å². The molecule has 0 spiro atoms. The normalized spacial score (nSPS) is 11.4. The number of esters is 1. The molecule has 1 aromatic heterocycles. The largest absolute Gasteiger partial charge is 0.462 e. The van der Waals surface area contributed by atoms with Gasteiger partial charge in [0.25, 0.3) is 0 Å². The summed E-state index contributed by atoms with van der Waals surface area (Å²) in [6.45, 7) is 1.70. The second kappa shape index (κ2) is 7.75. The van der Waals surface area contributed by atoms with E-state index in [1.807, 2.05) is 0 Å². The van der Waals surface area contributed by atoms with Crippen LogP contribution in [-0.2, 0) is 17.5 Å². The molecule has 146 valence electrons. The maximum absolute atomic E-state index is 13.1. The fourth-order valence-corrected chi connectivity index (χ4v) is 2.84. The molecule has 0 fully saturated rings. The zero-order chi connectivity index (χ0) is 20.3. The molecule has 5 nitrogen and oxygen atoms in total. The molecule has 0 amide bonds. The molecule has 0 aliphatic heterocycles. The fraction of sp³-hybridized carbons (Fsp3) is 0.200. The maximum Gasteiger partial charge on any atom is 0.416 e. The molecule has 0 atom stereocenters. The number of ether oxygens (including phenoxy) is 1. The molecule has 0 saturated heterocycles. The zero-order valence-electron chi connectivity index (χ0n) is 14.9. The maximum atomic E-state index is 13.1. The molecule has 1 heterocycles. The Bertz CT molecular complexity index is 1070. The molecule has 0 unspecified atom stereocenters. The Hall–Kier alpha value is -3.29. The van der Waals surface area contributed by atoms with Crippen LogP contribution in [0.15, 0.2) is 53.5 Å². The number of anilines is 1. The van der Waals surface area contributed by atoms with E-state index in [0.717, 1.165) is 6.07 Å². The minimum atomic E-state index is -4.45. The van der Waals surface area contributed by atoms with E-state index >= 15 is 0 Å². The number of carbonyl (C=O) groups excluding carboxylic acids is 1. The number of hydrogen-bond donors (Lipinski definition) is 2. The van der Waals surface area contributed by atoms with E-state index in [4.69, 9.17) is 4.74 Å². The van der Waals surface area contributed by atoms with Gasteiger partial charge in [0, 0.05) is 29.3 Å². The van der Waals surface area contributed by atoms with Crippen molar-refractivity contribution in [3.8, 4) is 0 Å². The minimum Gasteiger partial charge on any atom is -0.462 e. The summed E-state index contributed by atoms with van der Waals surface area (Å²) in [4.78, 5) is 27.3. The summed E-state index contributed by atoms with van der Waals surface area (Å²) in [6.07, 6.45) is -3.16. The molecule has 3 rings (SSSR count). The molecule has 2 N–H and O–H groups in total. The van der Waals surface area contributed by atoms with Crippen molar-refractivity contribution in [2.45, 2.75) is 19.6 Å². The summed E-state index contributed by atoms with van der Waals surface area (Å²) in [6, 6.07) is 10.0. The summed E-state index contributed by atoms with van der Waals surface area (Å²) < 4.78 is 44.2. The third kappa shape index (κ3) is 4.00. The summed E-state index contributed by atoms with van der Waals surface area (Å²) >= 11 is 0. The number of benzene rings is 2. The molecule has 8 heteroatoms. The standard InChI is InChI=1S/C20H17F3N2O3/c1-2-28-19(27)15-11-25-17-8-7-13(9-14(17)18(15)26)24-10-12-5-3-4-6-16(12)20(21,22)23/h3-9,11,24H,2,10H2,1H3,(H,25,26). The first-order chi connectivity index (χ1) is 13.3. The molecule has 0 saturated carbocycles. The Morgan fingerprint density at radius 2 is 1.93 bits per heavy atom. The van der Waals surface area contributed by atoms with Gasteiger partial charge in [0.15, 0.2) is 0 Å². The molecule has 0 bridgehead atoms. The number of carbonyl (C=O) groups is 1. The third-order valence-corrected chi connectivity index (χ3v) is 4.18. The molecule has 0 aliphatic carbocycles. The molecule has 2 aromatic carbocycles. The number of nitrogens with one attached hydrogen (secondary N) is 2. The third-order valence-electron chi connectivity index (χ3n) is 4.18. The average Bonchev–Trinajstić information content (AvgIpc) is 2.66. The van der Waals surface area contributed by atoms with E-state index in [0.29, 0.717) is 11.2 Å². The van der Waals surface area contributed by atoms with Gasteiger partial charge in [-0.15, -0.1) is 0 Å². The lowest BCUT2D eigenvalue weighted by molar-refractivity contribution is -0.138. The van der Waals surface area contributed by atoms with E-state index in [2.05, 4.69) is 10.3 Å². The van der Waals surface area contributed by atoms with Crippen LogP contribution >= 0.6 is 0 Å². The van der Waals surface area contributed by atoms with Crippen molar-refractivity contribution >= 4 is 22.6 Å². The number of hydrogen-bond acceptors (Lipinski definition) is 4. The Morgan fingerprint density at radius 3 is 2.64 bits per heavy atom. The highest BCUT2D eigenvalue weighted by Crippen LogP contribution is 2.32. The predicted molar refractivity (Wildman–Crippen MR) is 99.3 cm³/mol. The Balaban J connectivity index is 1.90. The van der Waals surface area contributed by atoms with E-state index in [-0.39, 0.29) is 29.7 Å². The van der Waals surface area contributed by atoms with Gasteiger partial charge in [-0.25, -0.2) is 4.79 Å². The quantitative estimate of drug-likeness (QED) is 0.636. The Kier molecular flexibility index (Phi) is 5.39. The van der Waals surface area contributed by atoms with Crippen LogP contribution in [0.25, 0.3) is 10.9 Å². The Labute approximate surface area is 158 Å².